The average molecular weight is 187 g/mol. The minimum Gasteiger partial charge on any atom is -0.309 e. The maximum Gasteiger partial charge on any atom is 0.123 e. The second kappa shape index (κ2) is 4.77. The summed E-state index contributed by atoms with van der Waals surface area (Å²) in [6.07, 6.45) is 1.78. The van der Waals surface area contributed by atoms with E-state index in [1.54, 1.807) is 0 Å². The van der Waals surface area contributed by atoms with Gasteiger partial charge < -0.3 is 9.69 Å². The quantitative estimate of drug-likeness (QED) is 0.611. The highest BCUT2D eigenvalue weighted by Gasteiger charge is 2.22. The Morgan fingerprint density at radius 1 is 1.25 bits per heavy atom. The molecule has 0 radical (unpaired) electrons. The van der Waals surface area contributed by atoms with Crippen molar-refractivity contribution < 1.29 is 4.79 Å². The van der Waals surface area contributed by atoms with Gasteiger partial charge in [-0.3, -0.25) is 0 Å². The summed E-state index contributed by atoms with van der Waals surface area (Å²) in [6.45, 7) is 7.37. The Labute approximate surface area is 77.0 Å². The van der Waals surface area contributed by atoms with Gasteiger partial charge in [0.15, 0.2) is 0 Å². The molecule has 0 aliphatic rings. The summed E-state index contributed by atoms with van der Waals surface area (Å²) in [5.41, 5.74) is 0. The summed E-state index contributed by atoms with van der Waals surface area (Å²) in [6, 6.07) is 0. The van der Waals surface area contributed by atoms with E-state index in [4.69, 9.17) is 0 Å². The molecule has 2 nitrogen and oxygen atoms in total. The number of hydrogen-bond acceptors (Lipinski definition) is 2. The van der Waals surface area contributed by atoms with Crippen LogP contribution >= 0.6 is 0 Å². The summed E-state index contributed by atoms with van der Waals surface area (Å²) in [5.74, 6) is 0. The Balaban J connectivity index is 3.59. The fourth-order valence-electron chi connectivity index (χ4n) is 0.931. The van der Waals surface area contributed by atoms with E-state index in [-0.39, 0.29) is 0 Å². The van der Waals surface area contributed by atoms with Gasteiger partial charge in [-0.1, -0.05) is 19.6 Å². The first-order valence-corrected chi connectivity index (χ1v) is 8.02. The smallest absolute Gasteiger partial charge is 0.123 e. The van der Waals surface area contributed by atoms with Crippen molar-refractivity contribution in [3.05, 3.63) is 0 Å². The number of rotatable bonds is 5. The van der Waals surface area contributed by atoms with E-state index in [2.05, 4.69) is 24.5 Å². The Kier molecular flexibility index (Phi) is 4.71. The van der Waals surface area contributed by atoms with Crippen LogP contribution < -0.4 is 0 Å². The first-order chi connectivity index (χ1) is 5.34. The maximum atomic E-state index is 11.5. The van der Waals surface area contributed by atoms with Gasteiger partial charge in [0.25, 0.3) is 0 Å². The molecule has 0 aliphatic heterocycles. The molecule has 0 aliphatic carbocycles. The highest BCUT2D eigenvalue weighted by Crippen LogP contribution is 2.06. The first-order valence-electron chi connectivity index (χ1n) is 4.52. The molecule has 0 aromatic rings. The molecule has 0 unspecified atom stereocenters. The van der Waals surface area contributed by atoms with E-state index >= 15 is 0 Å². The molecular weight excluding hydrogens is 166 g/mol. The SMILES string of the molecule is CN(C)CCCC(=O)[Si](C)(C)C. The molecule has 0 N–H and O–H groups in total. The topological polar surface area (TPSA) is 20.3 Å². The van der Waals surface area contributed by atoms with Crippen LogP contribution in [-0.4, -0.2) is 39.0 Å². The maximum absolute atomic E-state index is 11.5. The lowest BCUT2D eigenvalue weighted by atomic mass is 10.3. The third kappa shape index (κ3) is 5.49. The third-order valence-electron chi connectivity index (χ3n) is 1.85. The van der Waals surface area contributed by atoms with Gasteiger partial charge in [-0.15, -0.1) is 0 Å². The summed E-state index contributed by atoms with van der Waals surface area (Å²) >= 11 is 0. The van der Waals surface area contributed by atoms with Crippen molar-refractivity contribution in [3.8, 4) is 0 Å². The summed E-state index contributed by atoms with van der Waals surface area (Å²) < 4.78 is 0. The van der Waals surface area contributed by atoms with Crippen LogP contribution in [0.1, 0.15) is 12.8 Å². The van der Waals surface area contributed by atoms with E-state index < -0.39 is 8.07 Å². The monoisotopic (exact) mass is 187 g/mol. The fraction of sp³-hybridized carbons (Fsp3) is 0.889. The summed E-state index contributed by atoms with van der Waals surface area (Å²) in [5, 5.41) is 0.504. The van der Waals surface area contributed by atoms with Crippen molar-refractivity contribution in [2.24, 2.45) is 0 Å². The molecule has 0 bridgehead atoms. The Bertz CT molecular complexity index is 149. The van der Waals surface area contributed by atoms with Gasteiger partial charge in [0.2, 0.25) is 0 Å². The van der Waals surface area contributed by atoms with Crippen LogP contribution in [0.15, 0.2) is 0 Å². The molecule has 12 heavy (non-hydrogen) atoms. The Hall–Kier alpha value is -0.153. The fourth-order valence-corrected chi connectivity index (χ4v) is 1.86. The minimum atomic E-state index is -1.49. The Morgan fingerprint density at radius 2 is 1.75 bits per heavy atom. The second-order valence-corrected chi connectivity index (χ2v) is 9.64. The van der Waals surface area contributed by atoms with E-state index in [9.17, 15) is 4.79 Å². The summed E-state index contributed by atoms with van der Waals surface area (Å²) in [4.78, 5) is 13.6. The van der Waals surface area contributed by atoms with Crippen LogP contribution in [0.4, 0.5) is 0 Å². The van der Waals surface area contributed by atoms with Gasteiger partial charge in [-0.25, -0.2) is 0 Å². The van der Waals surface area contributed by atoms with Crippen molar-refractivity contribution in [1.82, 2.24) is 4.90 Å². The predicted molar refractivity (Wildman–Crippen MR) is 56.1 cm³/mol. The third-order valence-corrected chi connectivity index (χ3v) is 3.77. The number of nitrogens with zero attached hydrogens (tertiary/aromatic N) is 1. The van der Waals surface area contributed by atoms with Gasteiger partial charge in [0.1, 0.15) is 13.5 Å². The molecule has 0 heterocycles. The van der Waals surface area contributed by atoms with Crippen LogP contribution in [0.25, 0.3) is 0 Å². The van der Waals surface area contributed by atoms with E-state index in [0.29, 0.717) is 5.41 Å². The van der Waals surface area contributed by atoms with Crippen LogP contribution in [0, 0.1) is 0 Å². The van der Waals surface area contributed by atoms with Crippen molar-refractivity contribution in [2.75, 3.05) is 20.6 Å². The largest absolute Gasteiger partial charge is 0.309 e. The lowest BCUT2D eigenvalue weighted by Crippen LogP contribution is -2.33. The zero-order valence-electron chi connectivity index (χ0n) is 8.98. The lowest BCUT2D eigenvalue weighted by molar-refractivity contribution is -0.112. The van der Waals surface area contributed by atoms with Crippen LogP contribution in [0.5, 0.6) is 0 Å². The number of carbonyl (C=O) groups excluding carboxylic acids is 1. The van der Waals surface area contributed by atoms with Crippen molar-refractivity contribution in [1.29, 1.82) is 0 Å². The molecule has 0 saturated carbocycles. The standard InChI is InChI=1S/C9H21NOSi/c1-10(2)8-6-7-9(11)12(3,4)5/h6-8H2,1-5H3. The average Bonchev–Trinajstić information content (AvgIpc) is 1.84. The zero-order valence-corrected chi connectivity index (χ0v) is 9.98. The summed E-state index contributed by atoms with van der Waals surface area (Å²) in [7, 11) is 2.59. The first kappa shape index (κ1) is 11.8. The molecule has 0 fully saturated rings. The molecule has 0 saturated heterocycles. The second-order valence-electron chi connectivity index (χ2n) is 4.58. The van der Waals surface area contributed by atoms with E-state index in [1.807, 2.05) is 14.1 Å². The molecule has 0 aromatic carbocycles. The molecule has 0 spiro atoms. The van der Waals surface area contributed by atoms with E-state index in [1.165, 1.54) is 0 Å². The zero-order chi connectivity index (χ0) is 9.78. The normalized spacial score (nSPS) is 12.2. The Morgan fingerprint density at radius 3 is 2.08 bits per heavy atom. The molecule has 0 rings (SSSR count). The van der Waals surface area contributed by atoms with Gasteiger partial charge in [0, 0.05) is 6.42 Å². The molecule has 0 atom stereocenters. The number of hydrogen-bond donors (Lipinski definition) is 0. The predicted octanol–water partition coefficient (Wildman–Crippen LogP) is 1.77. The molecule has 72 valence electrons. The van der Waals surface area contributed by atoms with Crippen LogP contribution in [-0.2, 0) is 4.79 Å². The minimum absolute atomic E-state index is 0.504. The number of carbonyl (C=O) groups is 1. The van der Waals surface area contributed by atoms with Crippen LogP contribution in [0.2, 0.25) is 19.6 Å². The van der Waals surface area contributed by atoms with Crippen molar-refractivity contribution in [3.63, 3.8) is 0 Å². The lowest BCUT2D eigenvalue weighted by Gasteiger charge is -2.15. The van der Waals surface area contributed by atoms with Gasteiger partial charge >= 0.3 is 0 Å². The molecule has 3 heteroatoms. The molecule has 0 amide bonds. The van der Waals surface area contributed by atoms with Gasteiger partial charge in [-0.2, -0.15) is 0 Å². The molecule has 0 aromatic heterocycles. The van der Waals surface area contributed by atoms with Crippen molar-refractivity contribution in [2.45, 2.75) is 32.5 Å². The molecular formula is C9H21NOSi. The van der Waals surface area contributed by atoms with Crippen molar-refractivity contribution >= 4 is 13.5 Å². The van der Waals surface area contributed by atoms with Gasteiger partial charge in [-0.05, 0) is 27.1 Å². The van der Waals surface area contributed by atoms with Crippen LogP contribution in [0.3, 0.4) is 0 Å². The highest BCUT2D eigenvalue weighted by molar-refractivity contribution is 7.03. The van der Waals surface area contributed by atoms with Gasteiger partial charge in [0.05, 0.1) is 0 Å². The van der Waals surface area contributed by atoms with E-state index in [0.717, 1.165) is 19.4 Å². The highest BCUT2D eigenvalue weighted by atomic mass is 28.3.